The zero-order valence-electron chi connectivity index (χ0n) is 13.2. The Morgan fingerprint density at radius 2 is 1.90 bits per heavy atom. The van der Waals surface area contributed by atoms with Crippen LogP contribution in [-0.2, 0) is 0 Å². The maximum absolute atomic E-state index is 11.1. The molecule has 0 amide bonds. The van der Waals surface area contributed by atoms with Gasteiger partial charge in [-0.25, -0.2) is 9.78 Å². The van der Waals surface area contributed by atoms with E-state index in [1.165, 1.54) is 18.7 Å². The van der Waals surface area contributed by atoms with Gasteiger partial charge >= 0.3 is 5.97 Å². The Labute approximate surface area is 126 Å². The average molecular weight is 291 g/mol. The van der Waals surface area contributed by atoms with E-state index in [9.17, 15) is 4.79 Å². The molecule has 0 spiro atoms. The van der Waals surface area contributed by atoms with Gasteiger partial charge in [0.05, 0.1) is 11.3 Å². The number of carboxylic acids is 1. The molecule has 21 heavy (non-hydrogen) atoms. The number of hydrogen-bond acceptors (Lipinski definition) is 4. The highest BCUT2D eigenvalue weighted by atomic mass is 16.4. The van der Waals surface area contributed by atoms with Crippen molar-refractivity contribution in [1.29, 1.82) is 0 Å². The van der Waals surface area contributed by atoms with Gasteiger partial charge in [-0.2, -0.15) is 0 Å². The van der Waals surface area contributed by atoms with E-state index in [0.29, 0.717) is 5.82 Å². The second-order valence-corrected chi connectivity index (χ2v) is 7.68. The van der Waals surface area contributed by atoms with E-state index in [0.717, 1.165) is 12.8 Å². The predicted octanol–water partition coefficient (Wildman–Crippen LogP) is 3.38. The van der Waals surface area contributed by atoms with Crippen LogP contribution in [0.4, 0.5) is 11.5 Å². The molecule has 0 saturated heterocycles. The zero-order valence-corrected chi connectivity index (χ0v) is 13.2. The van der Waals surface area contributed by atoms with E-state index in [-0.39, 0.29) is 28.1 Å². The Kier molecular flexibility index (Phi) is 3.87. The number of nitrogens with one attached hydrogen (secondary N) is 1. The molecule has 0 bridgehead atoms. The van der Waals surface area contributed by atoms with E-state index >= 15 is 0 Å². The first-order chi connectivity index (χ1) is 9.60. The summed E-state index contributed by atoms with van der Waals surface area (Å²) < 4.78 is 0. The molecule has 2 rings (SSSR count). The van der Waals surface area contributed by atoms with Gasteiger partial charge in [0, 0.05) is 12.2 Å². The van der Waals surface area contributed by atoms with Crippen molar-refractivity contribution in [3.8, 4) is 0 Å². The minimum atomic E-state index is -1.03. The number of pyridine rings is 1. The quantitative estimate of drug-likeness (QED) is 0.794. The third kappa shape index (κ3) is 3.65. The average Bonchev–Trinajstić information content (AvgIpc) is 2.27. The van der Waals surface area contributed by atoms with Gasteiger partial charge in [-0.3, -0.25) is 0 Å². The molecule has 1 fully saturated rings. The second-order valence-electron chi connectivity index (χ2n) is 7.68. The Hall–Kier alpha value is -1.78. The number of anilines is 2. The van der Waals surface area contributed by atoms with Gasteiger partial charge in [0.25, 0.3) is 0 Å². The smallest absolute Gasteiger partial charge is 0.337 e. The van der Waals surface area contributed by atoms with Crippen LogP contribution in [0.15, 0.2) is 12.3 Å². The number of nitrogens with two attached hydrogens (primary N) is 1. The fourth-order valence-corrected chi connectivity index (χ4v) is 3.92. The van der Waals surface area contributed by atoms with Gasteiger partial charge in [0.1, 0.15) is 5.82 Å². The van der Waals surface area contributed by atoms with Crippen molar-refractivity contribution in [3.63, 3.8) is 0 Å². The first-order valence-electron chi connectivity index (χ1n) is 7.34. The zero-order chi connectivity index (χ0) is 15.8. The van der Waals surface area contributed by atoms with E-state index in [4.69, 9.17) is 10.8 Å². The van der Waals surface area contributed by atoms with Crippen LogP contribution in [0.3, 0.4) is 0 Å². The van der Waals surface area contributed by atoms with Crippen molar-refractivity contribution in [1.82, 2.24) is 4.98 Å². The van der Waals surface area contributed by atoms with Crippen LogP contribution in [0.1, 0.15) is 57.3 Å². The molecule has 0 aromatic carbocycles. The molecule has 0 aliphatic heterocycles. The molecule has 1 aromatic rings. The van der Waals surface area contributed by atoms with Crippen molar-refractivity contribution in [2.24, 2.45) is 10.8 Å². The van der Waals surface area contributed by atoms with Crippen molar-refractivity contribution in [2.75, 3.05) is 11.1 Å². The lowest BCUT2D eigenvalue weighted by molar-refractivity contribution is 0.0697. The predicted molar refractivity (Wildman–Crippen MR) is 84.4 cm³/mol. The third-order valence-electron chi connectivity index (χ3n) is 4.12. The highest BCUT2D eigenvalue weighted by Gasteiger charge is 2.38. The van der Waals surface area contributed by atoms with Gasteiger partial charge in [-0.05, 0) is 36.2 Å². The molecule has 1 heterocycles. The number of hydrogen-bond donors (Lipinski definition) is 3. The number of nitrogen functional groups attached to an aromatic ring is 1. The number of carboxylic acid groups (broad SMARTS) is 1. The van der Waals surface area contributed by atoms with Crippen LogP contribution >= 0.6 is 0 Å². The van der Waals surface area contributed by atoms with Gasteiger partial charge < -0.3 is 16.2 Å². The van der Waals surface area contributed by atoms with Crippen molar-refractivity contribution < 1.29 is 9.90 Å². The number of aromatic carboxylic acids is 1. The molecule has 1 saturated carbocycles. The Bertz CT molecular complexity index is 536. The lowest BCUT2D eigenvalue weighted by Crippen LogP contribution is -2.40. The fraction of sp³-hybridized carbons (Fsp3) is 0.625. The summed E-state index contributed by atoms with van der Waals surface area (Å²) in [4.78, 5) is 15.3. The van der Waals surface area contributed by atoms with Crippen LogP contribution in [0.5, 0.6) is 0 Å². The highest BCUT2D eigenvalue weighted by Crippen LogP contribution is 2.46. The first-order valence-corrected chi connectivity index (χ1v) is 7.34. The molecular formula is C16H25N3O2. The van der Waals surface area contributed by atoms with Crippen LogP contribution in [0.2, 0.25) is 0 Å². The number of carbonyl (C=O) groups is 1. The molecule has 0 atom stereocenters. The van der Waals surface area contributed by atoms with Crippen molar-refractivity contribution in [3.05, 3.63) is 17.8 Å². The summed E-state index contributed by atoms with van der Waals surface area (Å²) in [5, 5.41) is 12.5. The molecule has 4 N–H and O–H groups in total. The fourth-order valence-electron chi connectivity index (χ4n) is 3.92. The Morgan fingerprint density at radius 3 is 2.43 bits per heavy atom. The van der Waals surface area contributed by atoms with Crippen LogP contribution in [0.25, 0.3) is 0 Å². The molecule has 1 aliphatic carbocycles. The molecule has 5 heteroatoms. The minimum absolute atomic E-state index is 0.0989. The van der Waals surface area contributed by atoms with E-state index in [1.54, 1.807) is 0 Å². The van der Waals surface area contributed by atoms with E-state index in [1.807, 2.05) is 0 Å². The van der Waals surface area contributed by atoms with E-state index < -0.39 is 5.97 Å². The van der Waals surface area contributed by atoms with Gasteiger partial charge in [0.2, 0.25) is 0 Å². The van der Waals surface area contributed by atoms with Crippen LogP contribution in [-0.4, -0.2) is 22.1 Å². The monoisotopic (exact) mass is 291 g/mol. The summed E-state index contributed by atoms with van der Waals surface area (Å²) in [5.41, 5.74) is 6.74. The lowest BCUT2D eigenvalue weighted by atomic mass is 9.63. The summed E-state index contributed by atoms with van der Waals surface area (Å²) >= 11 is 0. The molecule has 1 aromatic heterocycles. The first kappa shape index (κ1) is 15.6. The largest absolute Gasteiger partial charge is 0.478 e. The van der Waals surface area contributed by atoms with Crippen molar-refractivity contribution >= 4 is 17.5 Å². The summed E-state index contributed by atoms with van der Waals surface area (Å²) in [6.45, 7) is 9.08. The van der Waals surface area contributed by atoms with Gasteiger partial charge in [-0.15, -0.1) is 0 Å². The number of nitrogens with zero attached hydrogens (tertiary/aromatic N) is 1. The lowest BCUT2D eigenvalue weighted by Gasteiger charge is -2.45. The molecule has 0 unspecified atom stereocenters. The van der Waals surface area contributed by atoms with Gasteiger partial charge in [0.15, 0.2) is 0 Å². The third-order valence-corrected chi connectivity index (χ3v) is 4.12. The van der Waals surface area contributed by atoms with E-state index in [2.05, 4.69) is 38.0 Å². The summed E-state index contributed by atoms with van der Waals surface area (Å²) in [5.74, 6) is -0.546. The topological polar surface area (TPSA) is 88.2 Å². The second kappa shape index (κ2) is 5.20. The maximum Gasteiger partial charge on any atom is 0.337 e. The summed E-state index contributed by atoms with van der Waals surface area (Å²) in [6, 6.07) is 1.68. The van der Waals surface area contributed by atoms with Gasteiger partial charge in [-0.1, -0.05) is 27.7 Å². The SMILES string of the molecule is CC1(C)CC(Nc2nccc(C(=O)O)c2N)CC(C)(C)C1. The molecular weight excluding hydrogens is 266 g/mol. The molecule has 5 nitrogen and oxygen atoms in total. The summed E-state index contributed by atoms with van der Waals surface area (Å²) in [7, 11) is 0. The Morgan fingerprint density at radius 1 is 1.33 bits per heavy atom. The standard InChI is InChI=1S/C16H25N3O2/c1-15(2)7-10(8-16(3,4)9-15)19-13-12(17)11(14(20)21)5-6-18-13/h5-6,10H,7-9,17H2,1-4H3,(H,18,19)(H,20,21). The van der Waals surface area contributed by atoms with Crippen LogP contribution < -0.4 is 11.1 Å². The maximum atomic E-state index is 11.1. The van der Waals surface area contributed by atoms with Crippen LogP contribution in [0, 0.1) is 10.8 Å². The molecule has 0 radical (unpaired) electrons. The highest BCUT2D eigenvalue weighted by molar-refractivity contribution is 5.96. The minimum Gasteiger partial charge on any atom is -0.478 e. The Balaban J connectivity index is 2.22. The normalized spacial score (nSPS) is 21.0. The molecule has 1 aliphatic rings. The number of rotatable bonds is 3. The summed E-state index contributed by atoms with van der Waals surface area (Å²) in [6.07, 6.45) is 4.71. The number of aromatic nitrogens is 1. The molecule has 116 valence electrons. The van der Waals surface area contributed by atoms with Crippen molar-refractivity contribution in [2.45, 2.75) is 53.0 Å².